The number of nitrogens with one attached hydrogen (secondary N) is 1. The second kappa shape index (κ2) is 6.41. The third-order valence-electron chi connectivity index (χ3n) is 2.55. The van der Waals surface area contributed by atoms with E-state index < -0.39 is 0 Å². The summed E-state index contributed by atoms with van der Waals surface area (Å²) in [6, 6.07) is 4.18. The van der Waals surface area contributed by atoms with Gasteiger partial charge in [-0.2, -0.15) is 5.10 Å². The topological polar surface area (TPSA) is 98.9 Å². The highest BCUT2D eigenvalue weighted by Crippen LogP contribution is 1.80. The summed E-state index contributed by atoms with van der Waals surface area (Å²) in [6.07, 6.45) is 4.24. The van der Waals surface area contributed by atoms with Crippen molar-refractivity contribution in [2.75, 3.05) is 6.54 Å². The lowest BCUT2D eigenvalue weighted by Crippen LogP contribution is -2.35. The molecule has 0 unspecified atom stereocenters. The Morgan fingerprint density at radius 2 is 2.05 bits per heavy atom. The maximum atomic E-state index is 11.6. The van der Waals surface area contributed by atoms with Gasteiger partial charge in [0, 0.05) is 37.6 Å². The van der Waals surface area contributed by atoms with Crippen molar-refractivity contribution in [1.29, 1.82) is 0 Å². The van der Waals surface area contributed by atoms with Gasteiger partial charge in [-0.1, -0.05) is 0 Å². The number of nitrogens with zero attached hydrogens (tertiary/aromatic N) is 4. The third kappa shape index (κ3) is 3.61. The van der Waals surface area contributed by atoms with Crippen LogP contribution in [0.1, 0.15) is 0 Å². The zero-order valence-corrected chi connectivity index (χ0v) is 10.6. The molecule has 0 aliphatic heterocycles. The highest BCUT2D eigenvalue weighted by molar-refractivity contribution is 5.75. The SMILES string of the molecule is O=C(Cn1ncccc1=O)NCCn1cnccc1=O. The van der Waals surface area contributed by atoms with Crippen LogP contribution in [0.25, 0.3) is 0 Å². The Hall–Kier alpha value is -2.77. The van der Waals surface area contributed by atoms with Crippen molar-refractivity contribution < 1.29 is 4.79 Å². The number of carbonyl (C=O) groups is 1. The summed E-state index contributed by atoms with van der Waals surface area (Å²) in [5.41, 5.74) is -0.527. The summed E-state index contributed by atoms with van der Waals surface area (Å²) in [6.45, 7) is 0.434. The molecule has 0 saturated carbocycles. The van der Waals surface area contributed by atoms with Crippen molar-refractivity contribution >= 4 is 5.91 Å². The molecular weight excluding hydrogens is 262 g/mol. The molecule has 8 nitrogen and oxygen atoms in total. The van der Waals surface area contributed by atoms with Gasteiger partial charge in [-0.25, -0.2) is 9.67 Å². The van der Waals surface area contributed by atoms with Gasteiger partial charge in [0.2, 0.25) is 5.91 Å². The van der Waals surface area contributed by atoms with E-state index in [4.69, 9.17) is 0 Å². The summed E-state index contributed by atoms with van der Waals surface area (Å²) in [5.74, 6) is -0.345. The molecule has 20 heavy (non-hydrogen) atoms. The normalized spacial score (nSPS) is 10.2. The molecule has 2 rings (SSSR count). The van der Waals surface area contributed by atoms with Crippen LogP contribution in [0.3, 0.4) is 0 Å². The lowest BCUT2D eigenvalue weighted by molar-refractivity contribution is -0.121. The van der Waals surface area contributed by atoms with Crippen molar-refractivity contribution in [3.05, 3.63) is 57.6 Å². The van der Waals surface area contributed by atoms with E-state index in [-0.39, 0.29) is 30.1 Å². The average molecular weight is 275 g/mol. The first-order valence-corrected chi connectivity index (χ1v) is 5.96. The minimum Gasteiger partial charge on any atom is -0.353 e. The molecule has 0 aliphatic carbocycles. The van der Waals surface area contributed by atoms with E-state index in [0.29, 0.717) is 6.54 Å². The lowest BCUT2D eigenvalue weighted by atomic mass is 10.5. The van der Waals surface area contributed by atoms with Crippen LogP contribution in [0, 0.1) is 0 Å². The van der Waals surface area contributed by atoms with Gasteiger partial charge in [-0.15, -0.1) is 0 Å². The monoisotopic (exact) mass is 275 g/mol. The van der Waals surface area contributed by atoms with Crippen LogP contribution in [0.15, 0.2) is 46.5 Å². The maximum Gasteiger partial charge on any atom is 0.267 e. The molecule has 0 bridgehead atoms. The Balaban J connectivity index is 1.85. The van der Waals surface area contributed by atoms with E-state index in [0.717, 1.165) is 4.68 Å². The molecule has 8 heteroatoms. The number of hydrogen-bond donors (Lipinski definition) is 1. The first-order valence-electron chi connectivity index (χ1n) is 5.96. The maximum absolute atomic E-state index is 11.6. The van der Waals surface area contributed by atoms with Gasteiger partial charge in [0.25, 0.3) is 11.1 Å². The lowest BCUT2D eigenvalue weighted by Gasteiger charge is -2.07. The van der Waals surface area contributed by atoms with E-state index >= 15 is 0 Å². The number of rotatable bonds is 5. The molecule has 1 amide bonds. The predicted octanol–water partition coefficient (Wildman–Crippen LogP) is -1.38. The van der Waals surface area contributed by atoms with Gasteiger partial charge >= 0.3 is 0 Å². The minimum absolute atomic E-state index is 0.151. The highest BCUT2D eigenvalue weighted by Gasteiger charge is 2.04. The Labute approximate surface area is 113 Å². The molecule has 0 saturated heterocycles. The van der Waals surface area contributed by atoms with E-state index in [1.165, 1.54) is 41.5 Å². The molecule has 2 aromatic heterocycles. The van der Waals surface area contributed by atoms with Crippen molar-refractivity contribution in [1.82, 2.24) is 24.6 Å². The molecule has 104 valence electrons. The number of carbonyl (C=O) groups excluding carboxylic acids is 1. The Morgan fingerprint density at radius 3 is 2.80 bits per heavy atom. The molecule has 0 fully saturated rings. The molecule has 2 aromatic rings. The van der Waals surface area contributed by atoms with Crippen molar-refractivity contribution in [3.8, 4) is 0 Å². The second-order valence-corrected chi connectivity index (χ2v) is 3.98. The molecule has 0 aliphatic rings. The fraction of sp³-hybridized carbons (Fsp3) is 0.250. The third-order valence-corrected chi connectivity index (χ3v) is 2.55. The van der Waals surface area contributed by atoms with Gasteiger partial charge in [0.1, 0.15) is 6.54 Å². The van der Waals surface area contributed by atoms with Crippen molar-refractivity contribution in [3.63, 3.8) is 0 Å². The standard InChI is InChI=1S/C12H13N5O3/c18-10(8-17-12(20)2-1-4-15-17)14-6-7-16-9-13-5-3-11(16)19/h1-5,9H,6-8H2,(H,14,18). The average Bonchev–Trinajstić information content (AvgIpc) is 2.43. The van der Waals surface area contributed by atoms with Crippen LogP contribution < -0.4 is 16.4 Å². The van der Waals surface area contributed by atoms with E-state index in [1.807, 2.05) is 0 Å². The summed E-state index contributed by atoms with van der Waals surface area (Å²) in [7, 11) is 0. The smallest absolute Gasteiger partial charge is 0.267 e. The highest BCUT2D eigenvalue weighted by atomic mass is 16.2. The minimum atomic E-state index is -0.345. The van der Waals surface area contributed by atoms with Crippen LogP contribution in [-0.4, -0.2) is 31.8 Å². The van der Waals surface area contributed by atoms with E-state index in [2.05, 4.69) is 15.4 Å². The van der Waals surface area contributed by atoms with Crippen LogP contribution >= 0.6 is 0 Å². The predicted molar refractivity (Wildman–Crippen MR) is 70.0 cm³/mol. The van der Waals surface area contributed by atoms with Gasteiger partial charge in [-0.05, 0) is 6.07 Å². The summed E-state index contributed by atoms with van der Waals surface area (Å²) < 4.78 is 2.44. The summed E-state index contributed by atoms with van der Waals surface area (Å²) in [4.78, 5) is 38.2. The van der Waals surface area contributed by atoms with E-state index in [9.17, 15) is 14.4 Å². The van der Waals surface area contributed by atoms with Gasteiger partial charge in [-0.3, -0.25) is 19.0 Å². The molecule has 1 N–H and O–H groups in total. The number of aromatic nitrogens is 4. The van der Waals surface area contributed by atoms with Gasteiger partial charge < -0.3 is 5.32 Å². The second-order valence-electron chi connectivity index (χ2n) is 3.98. The van der Waals surface area contributed by atoms with Crippen LogP contribution in [0.4, 0.5) is 0 Å². The number of amides is 1. The Kier molecular flexibility index (Phi) is 4.38. The van der Waals surface area contributed by atoms with E-state index in [1.54, 1.807) is 0 Å². The zero-order valence-electron chi connectivity index (χ0n) is 10.6. The quantitative estimate of drug-likeness (QED) is 0.725. The molecule has 0 spiro atoms. The zero-order chi connectivity index (χ0) is 14.4. The van der Waals surface area contributed by atoms with Crippen molar-refractivity contribution in [2.45, 2.75) is 13.1 Å². The molecule has 0 aromatic carbocycles. The fourth-order valence-corrected chi connectivity index (χ4v) is 1.56. The van der Waals surface area contributed by atoms with Crippen molar-refractivity contribution in [2.24, 2.45) is 0 Å². The van der Waals surface area contributed by atoms with Crippen LogP contribution in [-0.2, 0) is 17.9 Å². The first-order chi connectivity index (χ1) is 9.66. The Morgan fingerprint density at radius 1 is 1.20 bits per heavy atom. The number of hydrogen-bond acceptors (Lipinski definition) is 5. The first kappa shape index (κ1) is 13.7. The molecule has 0 atom stereocenters. The summed E-state index contributed by atoms with van der Waals surface area (Å²) in [5, 5.41) is 6.38. The molecular formula is C12H13N5O3. The molecule has 0 radical (unpaired) electrons. The van der Waals surface area contributed by atoms with Crippen LogP contribution in [0.2, 0.25) is 0 Å². The van der Waals surface area contributed by atoms with Gasteiger partial charge in [0.15, 0.2) is 0 Å². The largest absolute Gasteiger partial charge is 0.353 e. The molecule has 2 heterocycles. The Bertz CT molecular complexity index is 706. The fourth-order valence-electron chi connectivity index (χ4n) is 1.56. The van der Waals surface area contributed by atoms with Crippen LogP contribution in [0.5, 0.6) is 0 Å². The van der Waals surface area contributed by atoms with Gasteiger partial charge in [0.05, 0.1) is 6.33 Å². The summed E-state index contributed by atoms with van der Waals surface area (Å²) >= 11 is 0.